The highest BCUT2D eigenvalue weighted by Gasteiger charge is 2.22. The van der Waals surface area contributed by atoms with Crippen molar-refractivity contribution >= 4 is 23.4 Å². The molecule has 0 fully saturated rings. The van der Waals surface area contributed by atoms with Gasteiger partial charge in [-0.3, -0.25) is 4.79 Å². The van der Waals surface area contributed by atoms with E-state index in [9.17, 15) is 9.59 Å². The molecule has 148 valence electrons. The van der Waals surface area contributed by atoms with Crippen molar-refractivity contribution in [3.05, 3.63) is 53.6 Å². The Morgan fingerprint density at radius 1 is 1.25 bits per heavy atom. The van der Waals surface area contributed by atoms with Crippen LogP contribution in [-0.2, 0) is 11.3 Å². The van der Waals surface area contributed by atoms with Gasteiger partial charge < -0.3 is 31.6 Å². The molecule has 0 aliphatic carbocycles. The Hall–Kier alpha value is -3.42. The van der Waals surface area contributed by atoms with Crippen LogP contribution < -0.4 is 26.8 Å². The van der Waals surface area contributed by atoms with Crippen molar-refractivity contribution in [2.45, 2.75) is 25.5 Å². The topological polar surface area (TPSA) is 129 Å². The van der Waals surface area contributed by atoms with E-state index in [1.54, 1.807) is 6.07 Å². The Morgan fingerprint density at radius 3 is 2.79 bits per heavy atom. The van der Waals surface area contributed by atoms with Gasteiger partial charge in [-0.15, -0.1) is 0 Å². The van der Waals surface area contributed by atoms with Crippen molar-refractivity contribution in [3.63, 3.8) is 0 Å². The van der Waals surface area contributed by atoms with E-state index in [0.29, 0.717) is 35.8 Å². The van der Waals surface area contributed by atoms with Crippen molar-refractivity contribution < 1.29 is 19.1 Å². The van der Waals surface area contributed by atoms with Gasteiger partial charge in [0.1, 0.15) is 24.7 Å². The first-order chi connectivity index (χ1) is 13.5. The van der Waals surface area contributed by atoms with Crippen molar-refractivity contribution in [2.75, 3.05) is 24.2 Å². The largest absolute Gasteiger partial charge is 0.489 e. The molecular weight excluding hydrogens is 360 g/mol. The fourth-order valence-electron chi connectivity index (χ4n) is 2.95. The Balaban J connectivity index is 1.39. The van der Waals surface area contributed by atoms with E-state index in [4.69, 9.17) is 20.9 Å². The normalized spacial score (nSPS) is 14.9. The van der Waals surface area contributed by atoms with Crippen LogP contribution in [0.25, 0.3) is 0 Å². The number of carbonyl (C=O) groups excluding carboxylic acids is 2. The fraction of sp³-hybridized carbons (Fsp3) is 0.300. The number of hydrogen-bond acceptors (Lipinski definition) is 6. The quantitative estimate of drug-likeness (QED) is 0.428. The van der Waals surface area contributed by atoms with Gasteiger partial charge in [0.25, 0.3) is 0 Å². The maximum absolute atomic E-state index is 11.7. The van der Waals surface area contributed by atoms with Gasteiger partial charge in [0.2, 0.25) is 5.91 Å². The van der Waals surface area contributed by atoms with Gasteiger partial charge >= 0.3 is 6.09 Å². The molecule has 8 nitrogen and oxygen atoms in total. The fourth-order valence-corrected chi connectivity index (χ4v) is 2.95. The van der Waals surface area contributed by atoms with Gasteiger partial charge in [0.15, 0.2) is 0 Å². The standard InChI is InChI=1S/C20H24N4O4/c21-16-9-14(19(22)25)10-17-18(16)24-15(12-27-17)7-4-8-23-20(26)28-11-13-5-2-1-3-6-13/h1-3,5-6,9-10,15,24H,4,7-8,11-12,21H2,(H2,22,25)(H,23,26)/t15-/m0/s1. The van der Waals surface area contributed by atoms with Crippen LogP contribution in [0.15, 0.2) is 42.5 Å². The molecule has 2 aromatic rings. The molecule has 1 aliphatic heterocycles. The zero-order chi connectivity index (χ0) is 19.9. The molecule has 0 unspecified atom stereocenters. The zero-order valence-corrected chi connectivity index (χ0v) is 15.4. The predicted octanol–water partition coefficient (Wildman–Crippen LogP) is 2.25. The summed E-state index contributed by atoms with van der Waals surface area (Å²) in [5.41, 5.74) is 13.6. The van der Waals surface area contributed by atoms with Crippen LogP contribution in [0.2, 0.25) is 0 Å². The molecule has 0 aromatic heterocycles. The van der Waals surface area contributed by atoms with Crippen LogP contribution in [0.1, 0.15) is 28.8 Å². The summed E-state index contributed by atoms with van der Waals surface area (Å²) in [5.74, 6) is -0.0295. The summed E-state index contributed by atoms with van der Waals surface area (Å²) < 4.78 is 10.9. The van der Waals surface area contributed by atoms with E-state index in [2.05, 4.69) is 10.6 Å². The molecule has 1 atom stereocenters. The number of ether oxygens (including phenoxy) is 2. The van der Waals surface area contributed by atoms with Crippen LogP contribution in [0.3, 0.4) is 0 Å². The minimum Gasteiger partial charge on any atom is -0.489 e. The molecule has 0 spiro atoms. The summed E-state index contributed by atoms with van der Waals surface area (Å²) in [6.07, 6.45) is 1.08. The highest BCUT2D eigenvalue weighted by molar-refractivity contribution is 5.96. The number of nitrogen functional groups attached to an aromatic ring is 1. The first-order valence-corrected chi connectivity index (χ1v) is 9.10. The number of fused-ring (bicyclic) bond motifs is 1. The average Bonchev–Trinajstić information content (AvgIpc) is 2.70. The molecule has 0 bridgehead atoms. The number of benzene rings is 2. The Bertz CT molecular complexity index is 842. The molecule has 2 aromatic carbocycles. The van der Waals surface area contributed by atoms with Crippen molar-refractivity contribution in [1.82, 2.24) is 5.32 Å². The number of amides is 2. The molecule has 0 radical (unpaired) electrons. The number of hydrogen-bond donors (Lipinski definition) is 4. The third-order valence-corrected chi connectivity index (χ3v) is 4.42. The molecule has 0 saturated heterocycles. The average molecular weight is 384 g/mol. The highest BCUT2D eigenvalue weighted by atomic mass is 16.5. The molecule has 2 amide bonds. The third-order valence-electron chi connectivity index (χ3n) is 4.42. The second-order valence-corrected chi connectivity index (χ2v) is 6.59. The van der Waals surface area contributed by atoms with Crippen LogP contribution in [0.4, 0.5) is 16.2 Å². The molecule has 8 heteroatoms. The summed E-state index contributed by atoms with van der Waals surface area (Å²) in [7, 11) is 0. The Kier molecular flexibility index (Phi) is 6.21. The summed E-state index contributed by atoms with van der Waals surface area (Å²) in [6.45, 7) is 1.18. The lowest BCUT2D eigenvalue weighted by molar-refractivity contribution is 0.0999. The molecule has 28 heavy (non-hydrogen) atoms. The van der Waals surface area contributed by atoms with E-state index in [0.717, 1.165) is 18.4 Å². The van der Waals surface area contributed by atoms with Crippen LogP contribution in [-0.4, -0.2) is 31.2 Å². The highest BCUT2D eigenvalue weighted by Crippen LogP contribution is 2.36. The maximum atomic E-state index is 11.7. The molecule has 1 heterocycles. The predicted molar refractivity (Wildman–Crippen MR) is 106 cm³/mol. The van der Waals surface area contributed by atoms with E-state index in [1.165, 1.54) is 6.07 Å². The molecule has 6 N–H and O–H groups in total. The van der Waals surface area contributed by atoms with Crippen LogP contribution in [0, 0.1) is 0 Å². The second kappa shape index (κ2) is 8.98. The van der Waals surface area contributed by atoms with Gasteiger partial charge in [-0.25, -0.2) is 4.79 Å². The molecular formula is C20H24N4O4. The van der Waals surface area contributed by atoms with Gasteiger partial charge in [0.05, 0.1) is 11.7 Å². The molecule has 3 rings (SSSR count). The zero-order valence-electron chi connectivity index (χ0n) is 15.4. The van der Waals surface area contributed by atoms with Crippen molar-refractivity contribution in [1.29, 1.82) is 0 Å². The van der Waals surface area contributed by atoms with E-state index in [-0.39, 0.29) is 12.6 Å². The van der Waals surface area contributed by atoms with Crippen LogP contribution in [0.5, 0.6) is 5.75 Å². The Morgan fingerprint density at radius 2 is 2.04 bits per heavy atom. The third kappa shape index (κ3) is 5.06. The number of rotatable bonds is 7. The van der Waals surface area contributed by atoms with Crippen LogP contribution >= 0.6 is 0 Å². The lowest BCUT2D eigenvalue weighted by atomic mass is 10.1. The minimum absolute atomic E-state index is 0.0522. The first-order valence-electron chi connectivity index (χ1n) is 9.10. The number of carbonyl (C=O) groups is 2. The second-order valence-electron chi connectivity index (χ2n) is 6.59. The number of primary amides is 1. The lowest BCUT2D eigenvalue weighted by Crippen LogP contribution is -2.33. The van der Waals surface area contributed by atoms with Gasteiger partial charge in [-0.05, 0) is 30.5 Å². The van der Waals surface area contributed by atoms with Gasteiger partial charge in [-0.1, -0.05) is 30.3 Å². The molecule has 1 aliphatic rings. The van der Waals surface area contributed by atoms with E-state index < -0.39 is 12.0 Å². The monoisotopic (exact) mass is 384 g/mol. The number of alkyl carbamates (subject to hydrolysis) is 1. The Labute approximate surface area is 163 Å². The smallest absolute Gasteiger partial charge is 0.407 e. The van der Waals surface area contributed by atoms with E-state index >= 15 is 0 Å². The molecule has 0 saturated carbocycles. The summed E-state index contributed by atoms with van der Waals surface area (Å²) in [4.78, 5) is 23.0. The number of nitrogens with two attached hydrogens (primary N) is 2. The SMILES string of the molecule is NC(=O)c1cc(N)c2c(c1)OC[C@H](CCCNC(=O)OCc1ccccc1)N2. The summed E-state index contributed by atoms with van der Waals surface area (Å²) in [6, 6.07) is 12.7. The van der Waals surface area contributed by atoms with E-state index in [1.807, 2.05) is 30.3 Å². The number of nitrogens with one attached hydrogen (secondary N) is 2. The van der Waals surface area contributed by atoms with Crippen molar-refractivity contribution in [3.8, 4) is 5.75 Å². The van der Waals surface area contributed by atoms with Gasteiger partial charge in [0, 0.05) is 12.1 Å². The van der Waals surface area contributed by atoms with Gasteiger partial charge in [-0.2, -0.15) is 0 Å². The first kappa shape index (κ1) is 19.3. The summed E-state index contributed by atoms with van der Waals surface area (Å²) in [5, 5.41) is 6.06. The minimum atomic E-state index is -0.551. The lowest BCUT2D eigenvalue weighted by Gasteiger charge is -2.29. The number of anilines is 2. The summed E-state index contributed by atoms with van der Waals surface area (Å²) >= 11 is 0. The van der Waals surface area contributed by atoms with Crippen molar-refractivity contribution in [2.24, 2.45) is 5.73 Å². The maximum Gasteiger partial charge on any atom is 0.407 e.